The zero-order valence-corrected chi connectivity index (χ0v) is 15.6. The van der Waals surface area contributed by atoms with E-state index in [4.69, 9.17) is 13.9 Å². The summed E-state index contributed by atoms with van der Waals surface area (Å²) in [5, 5.41) is 8.47. The van der Waals surface area contributed by atoms with Gasteiger partial charge in [0, 0.05) is 12.0 Å². The first-order valence-electron chi connectivity index (χ1n) is 8.58. The quantitative estimate of drug-likeness (QED) is 0.457. The largest absolute Gasteiger partial charge is 0.497 e. The average Bonchev–Trinajstić information content (AvgIpc) is 3.35. The fraction of sp³-hybridized carbons (Fsp3) is 0.250. The minimum atomic E-state index is 0.0320. The number of ketones is 1. The van der Waals surface area contributed by atoms with Crippen LogP contribution in [0.2, 0.25) is 0 Å². The minimum Gasteiger partial charge on any atom is -0.497 e. The summed E-state index contributed by atoms with van der Waals surface area (Å²) in [6.45, 7) is 0.681. The molecular weight excluding hydrogens is 364 g/mol. The molecule has 2 aromatic carbocycles. The van der Waals surface area contributed by atoms with Crippen LogP contribution in [0, 0.1) is 0 Å². The first-order valence-corrected chi connectivity index (χ1v) is 9.57. The van der Waals surface area contributed by atoms with Gasteiger partial charge in [0.1, 0.15) is 11.5 Å². The standard InChI is InChI=1S/C20H18N2O4S/c1-24-16-5-2-13(3-6-16)10-19-21-22-20(26-19)27-12-17(23)14-4-7-18-15(11-14)8-9-25-18/h2-7,11H,8-10,12H2,1H3. The topological polar surface area (TPSA) is 74.5 Å². The summed E-state index contributed by atoms with van der Waals surface area (Å²) < 4.78 is 16.3. The van der Waals surface area contributed by atoms with Crippen molar-refractivity contribution in [1.29, 1.82) is 0 Å². The molecule has 2 heterocycles. The highest BCUT2D eigenvalue weighted by Crippen LogP contribution is 2.27. The number of carbonyl (C=O) groups is 1. The Balaban J connectivity index is 1.34. The lowest BCUT2D eigenvalue weighted by atomic mass is 10.1. The van der Waals surface area contributed by atoms with Crippen LogP contribution in [-0.2, 0) is 12.8 Å². The van der Waals surface area contributed by atoms with Gasteiger partial charge in [-0.1, -0.05) is 23.9 Å². The van der Waals surface area contributed by atoms with E-state index in [1.165, 1.54) is 11.8 Å². The van der Waals surface area contributed by atoms with Gasteiger partial charge >= 0.3 is 0 Å². The molecule has 138 valence electrons. The Labute approximate surface area is 160 Å². The van der Waals surface area contributed by atoms with Gasteiger partial charge in [0.2, 0.25) is 5.89 Å². The zero-order chi connectivity index (χ0) is 18.6. The van der Waals surface area contributed by atoms with Crippen LogP contribution < -0.4 is 9.47 Å². The number of Topliss-reactive ketones (excluding diaryl/α,β-unsaturated/α-hetero) is 1. The van der Waals surface area contributed by atoms with Gasteiger partial charge in [-0.3, -0.25) is 4.79 Å². The number of ether oxygens (including phenoxy) is 2. The first kappa shape index (κ1) is 17.6. The summed E-state index contributed by atoms with van der Waals surface area (Å²) in [4.78, 5) is 12.4. The van der Waals surface area contributed by atoms with Crippen molar-refractivity contribution in [3.63, 3.8) is 0 Å². The van der Waals surface area contributed by atoms with Crippen molar-refractivity contribution in [3.8, 4) is 11.5 Å². The van der Waals surface area contributed by atoms with E-state index < -0.39 is 0 Å². The molecule has 0 amide bonds. The van der Waals surface area contributed by atoms with Gasteiger partial charge in [-0.05, 0) is 41.5 Å². The molecule has 3 aromatic rings. The summed E-state index contributed by atoms with van der Waals surface area (Å²) in [5.74, 6) is 2.48. The molecule has 0 aliphatic carbocycles. The van der Waals surface area contributed by atoms with E-state index in [-0.39, 0.29) is 11.5 Å². The molecule has 0 saturated heterocycles. The highest BCUT2D eigenvalue weighted by Gasteiger charge is 2.16. The Hall–Kier alpha value is -2.80. The molecule has 0 radical (unpaired) electrons. The van der Waals surface area contributed by atoms with Crippen LogP contribution in [-0.4, -0.2) is 35.5 Å². The molecule has 1 aromatic heterocycles. The fourth-order valence-corrected chi connectivity index (χ4v) is 3.53. The van der Waals surface area contributed by atoms with Crippen LogP contribution in [0.15, 0.2) is 52.1 Å². The SMILES string of the molecule is COc1ccc(Cc2nnc(SCC(=O)c3ccc4c(c3)CCO4)o2)cc1. The van der Waals surface area contributed by atoms with E-state index in [1.807, 2.05) is 36.4 Å². The molecule has 0 saturated carbocycles. The molecule has 7 heteroatoms. The maximum absolute atomic E-state index is 12.4. The molecule has 0 N–H and O–H groups in total. The number of hydrogen-bond acceptors (Lipinski definition) is 7. The van der Waals surface area contributed by atoms with Crippen molar-refractivity contribution in [3.05, 3.63) is 65.0 Å². The van der Waals surface area contributed by atoms with E-state index in [1.54, 1.807) is 13.2 Å². The molecule has 1 aliphatic rings. The van der Waals surface area contributed by atoms with Crippen LogP contribution in [0.4, 0.5) is 0 Å². The second-order valence-corrected chi connectivity index (χ2v) is 7.05. The number of methoxy groups -OCH3 is 1. The van der Waals surface area contributed by atoms with E-state index in [9.17, 15) is 4.79 Å². The van der Waals surface area contributed by atoms with Crippen LogP contribution in [0.5, 0.6) is 11.5 Å². The van der Waals surface area contributed by atoms with Crippen molar-refractivity contribution >= 4 is 17.5 Å². The Morgan fingerprint density at radius 1 is 1.19 bits per heavy atom. The number of fused-ring (bicyclic) bond motifs is 1. The van der Waals surface area contributed by atoms with Crippen LogP contribution in [0.1, 0.15) is 27.4 Å². The van der Waals surface area contributed by atoms with Crippen molar-refractivity contribution in [2.24, 2.45) is 0 Å². The number of aromatic nitrogens is 2. The molecule has 0 atom stereocenters. The Morgan fingerprint density at radius 3 is 2.85 bits per heavy atom. The third kappa shape index (κ3) is 4.14. The summed E-state index contributed by atoms with van der Waals surface area (Å²) in [5.41, 5.74) is 2.82. The van der Waals surface area contributed by atoms with E-state index in [2.05, 4.69) is 10.2 Å². The normalized spacial score (nSPS) is 12.5. The third-order valence-corrected chi connectivity index (χ3v) is 5.12. The van der Waals surface area contributed by atoms with Gasteiger partial charge in [0.15, 0.2) is 5.78 Å². The molecule has 0 spiro atoms. The number of thioether (sulfide) groups is 1. The Bertz CT molecular complexity index is 953. The minimum absolute atomic E-state index is 0.0320. The summed E-state index contributed by atoms with van der Waals surface area (Å²) >= 11 is 1.25. The van der Waals surface area contributed by atoms with Crippen molar-refractivity contribution < 1.29 is 18.7 Å². The predicted octanol–water partition coefficient (Wildman–Crippen LogP) is 3.58. The molecular formula is C20H18N2O4S. The van der Waals surface area contributed by atoms with Gasteiger partial charge in [-0.15, -0.1) is 10.2 Å². The number of hydrogen-bond donors (Lipinski definition) is 0. The Morgan fingerprint density at radius 2 is 2.04 bits per heavy atom. The highest BCUT2D eigenvalue weighted by molar-refractivity contribution is 7.99. The summed E-state index contributed by atoms with van der Waals surface area (Å²) in [7, 11) is 1.63. The lowest BCUT2D eigenvalue weighted by Gasteiger charge is -2.02. The second kappa shape index (κ2) is 7.84. The second-order valence-electron chi connectivity index (χ2n) is 6.12. The average molecular weight is 382 g/mol. The maximum Gasteiger partial charge on any atom is 0.277 e. The van der Waals surface area contributed by atoms with E-state index >= 15 is 0 Å². The number of nitrogens with zero attached hydrogens (tertiary/aromatic N) is 2. The van der Waals surface area contributed by atoms with Crippen LogP contribution in [0.25, 0.3) is 0 Å². The summed E-state index contributed by atoms with van der Waals surface area (Å²) in [6, 6.07) is 13.3. The molecule has 6 nitrogen and oxygen atoms in total. The zero-order valence-electron chi connectivity index (χ0n) is 14.8. The smallest absolute Gasteiger partial charge is 0.277 e. The fourth-order valence-electron chi connectivity index (χ4n) is 2.86. The van der Waals surface area contributed by atoms with Crippen LogP contribution >= 0.6 is 11.8 Å². The number of rotatable bonds is 7. The number of benzene rings is 2. The van der Waals surface area contributed by atoms with Gasteiger partial charge in [0.05, 0.1) is 25.9 Å². The van der Waals surface area contributed by atoms with Gasteiger partial charge in [-0.25, -0.2) is 0 Å². The Kier molecular flexibility index (Phi) is 5.11. The first-order chi connectivity index (χ1) is 13.2. The molecule has 1 aliphatic heterocycles. The van der Waals surface area contributed by atoms with Gasteiger partial charge in [0.25, 0.3) is 5.22 Å². The van der Waals surface area contributed by atoms with Crippen molar-refractivity contribution in [2.75, 3.05) is 19.5 Å². The molecule has 4 rings (SSSR count). The third-order valence-electron chi connectivity index (χ3n) is 4.30. The van der Waals surface area contributed by atoms with Crippen LogP contribution in [0.3, 0.4) is 0 Å². The lowest BCUT2D eigenvalue weighted by molar-refractivity contribution is 0.102. The van der Waals surface area contributed by atoms with Crippen molar-refractivity contribution in [1.82, 2.24) is 10.2 Å². The van der Waals surface area contributed by atoms with Crippen molar-refractivity contribution in [2.45, 2.75) is 18.1 Å². The predicted molar refractivity (Wildman–Crippen MR) is 101 cm³/mol. The maximum atomic E-state index is 12.4. The molecule has 0 fully saturated rings. The van der Waals surface area contributed by atoms with Gasteiger partial charge < -0.3 is 13.9 Å². The monoisotopic (exact) mass is 382 g/mol. The molecule has 0 bridgehead atoms. The van der Waals surface area contributed by atoms with Gasteiger partial charge in [-0.2, -0.15) is 0 Å². The number of carbonyl (C=O) groups excluding carboxylic acids is 1. The lowest BCUT2D eigenvalue weighted by Crippen LogP contribution is -2.02. The highest BCUT2D eigenvalue weighted by atomic mass is 32.2. The van der Waals surface area contributed by atoms with E-state index in [0.29, 0.717) is 29.7 Å². The molecule has 27 heavy (non-hydrogen) atoms. The van der Waals surface area contributed by atoms with E-state index in [0.717, 1.165) is 29.0 Å². The summed E-state index contributed by atoms with van der Waals surface area (Å²) in [6.07, 6.45) is 1.39. The molecule has 0 unspecified atom stereocenters.